The zero-order chi connectivity index (χ0) is 15.2. The summed E-state index contributed by atoms with van der Waals surface area (Å²) in [5.74, 6) is 1.73. The lowest BCUT2D eigenvalue weighted by molar-refractivity contribution is 0.292. The Bertz CT molecular complexity index is 261. The highest BCUT2D eigenvalue weighted by molar-refractivity contribution is 7.80. The van der Waals surface area contributed by atoms with Crippen LogP contribution in [0.2, 0.25) is 0 Å². The van der Waals surface area contributed by atoms with Crippen LogP contribution >= 0.6 is 37.9 Å². The molecule has 8 heteroatoms. The van der Waals surface area contributed by atoms with Gasteiger partial charge in [0.2, 0.25) is 0 Å². The van der Waals surface area contributed by atoms with E-state index in [4.69, 9.17) is 17.2 Å². The van der Waals surface area contributed by atoms with Crippen molar-refractivity contribution in [3.63, 3.8) is 0 Å². The Morgan fingerprint density at radius 1 is 0.842 bits per heavy atom. The first kappa shape index (κ1) is 19.9. The Morgan fingerprint density at radius 3 is 1.68 bits per heavy atom. The molecule has 0 aromatic rings. The third-order valence-corrected chi connectivity index (χ3v) is 5.18. The molecule has 19 heavy (non-hydrogen) atoms. The van der Waals surface area contributed by atoms with Gasteiger partial charge in [0.05, 0.1) is 5.66 Å². The summed E-state index contributed by atoms with van der Waals surface area (Å²) in [4.78, 5) is 0. The van der Waals surface area contributed by atoms with Crippen molar-refractivity contribution in [3.05, 3.63) is 0 Å². The summed E-state index contributed by atoms with van der Waals surface area (Å²) in [7, 11) is 0. The van der Waals surface area contributed by atoms with Crippen LogP contribution in [0, 0.1) is 0 Å². The van der Waals surface area contributed by atoms with E-state index in [0.29, 0.717) is 36.9 Å². The summed E-state index contributed by atoms with van der Waals surface area (Å²) in [6, 6.07) is 0. The minimum absolute atomic E-state index is 0.193. The van der Waals surface area contributed by atoms with Gasteiger partial charge in [-0.05, 0) is 13.8 Å². The maximum atomic E-state index is 5.87. The fraction of sp³-hybridized carbons (Fsp3) is 1.00. The van der Waals surface area contributed by atoms with Crippen molar-refractivity contribution in [2.75, 3.05) is 36.9 Å². The minimum atomic E-state index is -0.825. The van der Waals surface area contributed by atoms with E-state index in [2.05, 4.69) is 55.4 Å². The van der Waals surface area contributed by atoms with Crippen LogP contribution in [0.15, 0.2) is 0 Å². The molecule has 0 aliphatic rings. The molecule has 8 N–H and O–H groups in total. The Hall–Kier alpha value is 0.850. The summed E-state index contributed by atoms with van der Waals surface area (Å²) in [5.41, 5.74) is 16.3. The largest absolute Gasteiger partial charge is 0.329 e. The fourth-order valence-electron chi connectivity index (χ4n) is 1.21. The summed E-state index contributed by atoms with van der Waals surface area (Å²) < 4.78 is 0. The molecule has 0 unspecified atom stereocenters. The number of hydrogen-bond donors (Lipinski definition) is 8. The molecule has 0 saturated heterocycles. The van der Waals surface area contributed by atoms with Gasteiger partial charge in [-0.15, -0.1) is 0 Å². The molecule has 0 spiro atoms. The Labute approximate surface area is 133 Å². The summed E-state index contributed by atoms with van der Waals surface area (Å²) >= 11 is 12.9. The van der Waals surface area contributed by atoms with E-state index in [-0.39, 0.29) is 11.1 Å². The first-order valence-corrected chi connectivity index (χ1v) is 8.16. The molecule has 0 bridgehead atoms. The molecule has 0 aromatic carbocycles. The van der Waals surface area contributed by atoms with E-state index in [0.717, 1.165) is 0 Å². The van der Waals surface area contributed by atoms with Crippen LogP contribution < -0.4 is 27.8 Å². The second-order valence-electron chi connectivity index (χ2n) is 5.74. The SMILES string of the molecule is C[C@](CN)(CS)NC[C@](C)(CS)NCC(N)(N)CS. The highest BCUT2D eigenvalue weighted by Gasteiger charge is 2.29. The average Bonchev–Trinajstić information content (AvgIpc) is 2.42. The highest BCUT2D eigenvalue weighted by atomic mass is 32.1. The first-order chi connectivity index (χ1) is 8.66. The van der Waals surface area contributed by atoms with Crippen LogP contribution in [0.1, 0.15) is 13.8 Å². The van der Waals surface area contributed by atoms with Gasteiger partial charge >= 0.3 is 0 Å². The van der Waals surface area contributed by atoms with Gasteiger partial charge in [-0.3, -0.25) is 0 Å². The van der Waals surface area contributed by atoms with Gasteiger partial charge in [0.1, 0.15) is 0 Å². The Kier molecular flexibility index (Phi) is 8.70. The predicted molar refractivity (Wildman–Crippen MR) is 94.5 cm³/mol. The quantitative estimate of drug-likeness (QED) is 0.195. The predicted octanol–water partition coefficient (Wildman–Crippen LogP) is -0.955. The van der Waals surface area contributed by atoms with E-state index in [1.165, 1.54) is 0 Å². The molecule has 0 aliphatic carbocycles. The smallest absolute Gasteiger partial charge is 0.0855 e. The van der Waals surface area contributed by atoms with Gasteiger partial charge < -0.3 is 27.8 Å². The molecule has 0 heterocycles. The molecule has 0 aliphatic heterocycles. The average molecular weight is 328 g/mol. The number of nitrogens with two attached hydrogens (primary N) is 3. The molecule has 0 rings (SSSR count). The minimum Gasteiger partial charge on any atom is -0.329 e. The zero-order valence-corrected chi connectivity index (χ0v) is 14.5. The van der Waals surface area contributed by atoms with Gasteiger partial charge in [0.25, 0.3) is 0 Å². The first-order valence-electron chi connectivity index (χ1n) is 6.26. The summed E-state index contributed by atoms with van der Waals surface area (Å²) in [6.45, 7) is 5.80. The second kappa shape index (κ2) is 8.33. The number of thiol groups is 3. The van der Waals surface area contributed by atoms with Crippen molar-refractivity contribution in [1.82, 2.24) is 10.6 Å². The van der Waals surface area contributed by atoms with Gasteiger partial charge in [-0.2, -0.15) is 37.9 Å². The second-order valence-corrected chi connectivity index (χ2v) is 6.69. The maximum Gasteiger partial charge on any atom is 0.0855 e. The van der Waals surface area contributed by atoms with Crippen LogP contribution in [0.5, 0.6) is 0 Å². The number of hydrogen-bond acceptors (Lipinski definition) is 8. The molecule has 0 saturated carbocycles. The Morgan fingerprint density at radius 2 is 1.32 bits per heavy atom. The van der Waals surface area contributed by atoms with E-state index in [1.807, 2.05) is 6.92 Å². The standard InChI is InChI=1S/C11H29N5S3/c1-9(3-12,6-17)15-4-10(2,7-18)16-5-11(13,14)8-19/h15-19H,3-8,12-14H2,1-2H3/t9-,10+/m0/s1. The van der Waals surface area contributed by atoms with Crippen LogP contribution in [-0.4, -0.2) is 53.6 Å². The van der Waals surface area contributed by atoms with E-state index < -0.39 is 5.66 Å². The lowest BCUT2D eigenvalue weighted by Crippen LogP contribution is -2.65. The van der Waals surface area contributed by atoms with Crippen LogP contribution in [-0.2, 0) is 0 Å². The lowest BCUT2D eigenvalue weighted by Gasteiger charge is -2.37. The van der Waals surface area contributed by atoms with Crippen LogP contribution in [0.4, 0.5) is 0 Å². The van der Waals surface area contributed by atoms with E-state index in [1.54, 1.807) is 0 Å². The topological polar surface area (TPSA) is 102 Å². The molecule has 116 valence electrons. The third-order valence-electron chi connectivity index (χ3n) is 3.19. The molecule has 2 atom stereocenters. The van der Waals surface area contributed by atoms with Gasteiger partial charge in [-0.25, -0.2) is 0 Å². The molecule has 0 amide bonds. The van der Waals surface area contributed by atoms with E-state index >= 15 is 0 Å². The van der Waals surface area contributed by atoms with Crippen molar-refractivity contribution in [1.29, 1.82) is 0 Å². The highest BCUT2D eigenvalue weighted by Crippen LogP contribution is 2.10. The molecule has 0 radical (unpaired) electrons. The molecule has 0 fully saturated rings. The maximum absolute atomic E-state index is 5.87. The molecule has 5 nitrogen and oxygen atoms in total. The summed E-state index contributed by atoms with van der Waals surface area (Å²) in [5, 5.41) is 6.78. The van der Waals surface area contributed by atoms with Gasteiger partial charge in [0.15, 0.2) is 0 Å². The zero-order valence-electron chi connectivity index (χ0n) is 11.8. The fourth-order valence-corrected chi connectivity index (χ4v) is 1.79. The van der Waals surface area contributed by atoms with Crippen molar-refractivity contribution < 1.29 is 0 Å². The summed E-state index contributed by atoms with van der Waals surface area (Å²) in [6.07, 6.45) is 0. The molecule has 0 aromatic heterocycles. The van der Waals surface area contributed by atoms with Crippen LogP contribution in [0.3, 0.4) is 0 Å². The van der Waals surface area contributed by atoms with Crippen molar-refractivity contribution >= 4 is 37.9 Å². The number of nitrogens with one attached hydrogen (secondary N) is 2. The van der Waals surface area contributed by atoms with Gasteiger partial charge in [0, 0.05) is 48.0 Å². The normalized spacial score (nSPS) is 18.9. The molecular weight excluding hydrogens is 298 g/mol. The van der Waals surface area contributed by atoms with E-state index in [9.17, 15) is 0 Å². The van der Waals surface area contributed by atoms with Crippen molar-refractivity contribution in [2.45, 2.75) is 30.6 Å². The monoisotopic (exact) mass is 327 g/mol. The van der Waals surface area contributed by atoms with Gasteiger partial charge in [-0.1, -0.05) is 0 Å². The van der Waals surface area contributed by atoms with Crippen molar-refractivity contribution in [2.24, 2.45) is 17.2 Å². The molecular formula is C11H29N5S3. The third kappa shape index (κ3) is 7.42. The Balaban J connectivity index is 4.45. The lowest BCUT2D eigenvalue weighted by atomic mass is 9.99. The van der Waals surface area contributed by atoms with Crippen molar-refractivity contribution in [3.8, 4) is 0 Å². The number of rotatable bonds is 10. The van der Waals surface area contributed by atoms with Crippen LogP contribution in [0.25, 0.3) is 0 Å².